The van der Waals surface area contributed by atoms with Crippen molar-refractivity contribution in [3.8, 4) is 0 Å². The molecule has 0 radical (unpaired) electrons. The summed E-state index contributed by atoms with van der Waals surface area (Å²) < 4.78 is 0. The van der Waals surface area contributed by atoms with E-state index in [1.54, 1.807) is 19.1 Å². The third kappa shape index (κ3) is 3.04. The molecule has 0 heterocycles. The highest BCUT2D eigenvalue weighted by Crippen LogP contribution is 2.32. The molecule has 2 N–H and O–H groups in total. The molecule has 0 atom stereocenters. The Morgan fingerprint density at radius 2 is 2.05 bits per heavy atom. The Kier molecular flexibility index (Phi) is 4.04. The zero-order valence-corrected chi connectivity index (χ0v) is 11.2. The van der Waals surface area contributed by atoms with Crippen molar-refractivity contribution in [3.63, 3.8) is 0 Å². The van der Waals surface area contributed by atoms with E-state index in [4.69, 9.17) is 0 Å². The second-order valence-electron chi connectivity index (χ2n) is 5.38. The molecule has 0 aliphatic heterocycles. The lowest BCUT2D eigenvalue weighted by Gasteiger charge is -2.37. The van der Waals surface area contributed by atoms with Gasteiger partial charge in [-0.25, -0.2) is 0 Å². The predicted octanol–water partition coefficient (Wildman–Crippen LogP) is 3.01. The van der Waals surface area contributed by atoms with E-state index in [1.807, 2.05) is 0 Å². The molecule has 1 aromatic carbocycles. The van der Waals surface area contributed by atoms with Gasteiger partial charge in [0.05, 0.1) is 17.1 Å². The first-order valence-corrected chi connectivity index (χ1v) is 6.70. The molecule has 0 amide bonds. The first-order valence-electron chi connectivity index (χ1n) is 6.70. The number of nitrogens with zero attached hydrogens (tertiary/aromatic N) is 1. The van der Waals surface area contributed by atoms with Crippen molar-refractivity contribution in [1.82, 2.24) is 0 Å². The zero-order chi connectivity index (χ0) is 13.9. The summed E-state index contributed by atoms with van der Waals surface area (Å²) in [6.45, 7) is 1.83. The van der Waals surface area contributed by atoms with E-state index < -0.39 is 0 Å². The van der Waals surface area contributed by atoms with E-state index in [0.29, 0.717) is 5.56 Å². The molecular weight excluding hydrogens is 244 g/mol. The Balaban J connectivity index is 2.18. The fourth-order valence-electron chi connectivity index (χ4n) is 2.80. The third-order valence-electron chi connectivity index (χ3n) is 3.92. The summed E-state index contributed by atoms with van der Waals surface area (Å²) in [7, 11) is 0. The van der Waals surface area contributed by atoms with Crippen LogP contribution in [-0.2, 0) is 0 Å². The number of aliphatic hydroxyl groups is 1. The van der Waals surface area contributed by atoms with Crippen molar-refractivity contribution in [2.24, 2.45) is 0 Å². The van der Waals surface area contributed by atoms with Gasteiger partial charge in [-0.15, -0.1) is 0 Å². The highest BCUT2D eigenvalue weighted by atomic mass is 16.6. The highest BCUT2D eigenvalue weighted by Gasteiger charge is 2.31. The average Bonchev–Trinajstić information content (AvgIpc) is 2.39. The number of anilines is 1. The Bertz CT molecular complexity index is 468. The van der Waals surface area contributed by atoms with Gasteiger partial charge in [0.25, 0.3) is 5.69 Å². The number of aryl methyl sites for hydroxylation is 1. The van der Waals surface area contributed by atoms with Crippen molar-refractivity contribution < 1.29 is 10.0 Å². The second-order valence-corrected chi connectivity index (χ2v) is 5.38. The largest absolute Gasteiger partial charge is 0.394 e. The standard InChI is InChI=1S/C14H20N2O3/c1-11-9-12(5-6-13(11)16(18)19)15-14(10-17)7-3-2-4-8-14/h5-6,9,15,17H,2-4,7-8,10H2,1H3. The van der Waals surface area contributed by atoms with Crippen molar-refractivity contribution >= 4 is 11.4 Å². The Labute approximate surface area is 112 Å². The quantitative estimate of drug-likeness (QED) is 0.647. The molecule has 0 bridgehead atoms. The third-order valence-corrected chi connectivity index (χ3v) is 3.92. The van der Waals surface area contributed by atoms with Gasteiger partial charge in [0, 0.05) is 17.3 Å². The molecule has 1 aliphatic carbocycles. The smallest absolute Gasteiger partial charge is 0.272 e. The molecule has 5 heteroatoms. The van der Waals surface area contributed by atoms with Crippen molar-refractivity contribution in [2.45, 2.75) is 44.6 Å². The summed E-state index contributed by atoms with van der Waals surface area (Å²) in [5, 5.41) is 23.8. The fourth-order valence-corrected chi connectivity index (χ4v) is 2.80. The number of rotatable bonds is 4. The molecule has 19 heavy (non-hydrogen) atoms. The lowest BCUT2D eigenvalue weighted by atomic mass is 9.82. The lowest BCUT2D eigenvalue weighted by Crippen LogP contribution is -2.43. The number of hydrogen-bond acceptors (Lipinski definition) is 4. The van der Waals surface area contributed by atoms with Gasteiger partial charge in [-0.05, 0) is 31.9 Å². The van der Waals surface area contributed by atoms with Crippen LogP contribution in [-0.4, -0.2) is 22.2 Å². The van der Waals surface area contributed by atoms with E-state index >= 15 is 0 Å². The Hall–Kier alpha value is -1.62. The monoisotopic (exact) mass is 264 g/mol. The van der Waals surface area contributed by atoms with Crippen LogP contribution in [0, 0.1) is 17.0 Å². The lowest BCUT2D eigenvalue weighted by molar-refractivity contribution is -0.385. The molecule has 5 nitrogen and oxygen atoms in total. The second kappa shape index (κ2) is 5.57. The molecule has 104 valence electrons. The van der Waals surface area contributed by atoms with Gasteiger partial charge >= 0.3 is 0 Å². The molecule has 1 aliphatic rings. The summed E-state index contributed by atoms with van der Waals surface area (Å²) in [5.74, 6) is 0. The van der Waals surface area contributed by atoms with Crippen LogP contribution >= 0.6 is 0 Å². The van der Waals surface area contributed by atoms with Gasteiger partial charge in [0.2, 0.25) is 0 Å². The molecule has 1 saturated carbocycles. The zero-order valence-electron chi connectivity index (χ0n) is 11.2. The molecule has 0 spiro atoms. The van der Waals surface area contributed by atoms with Crippen LogP contribution in [0.1, 0.15) is 37.7 Å². The first kappa shape index (κ1) is 13.8. The fraction of sp³-hybridized carbons (Fsp3) is 0.571. The van der Waals surface area contributed by atoms with Gasteiger partial charge in [0.15, 0.2) is 0 Å². The predicted molar refractivity (Wildman–Crippen MR) is 74.4 cm³/mol. The normalized spacial score (nSPS) is 18.0. The number of benzene rings is 1. The summed E-state index contributed by atoms with van der Waals surface area (Å²) in [4.78, 5) is 10.4. The van der Waals surface area contributed by atoms with Gasteiger partial charge < -0.3 is 10.4 Å². The highest BCUT2D eigenvalue weighted by molar-refractivity contribution is 5.54. The Morgan fingerprint density at radius 3 is 2.58 bits per heavy atom. The molecule has 1 aromatic rings. The van der Waals surface area contributed by atoms with E-state index in [-0.39, 0.29) is 22.8 Å². The molecule has 0 aromatic heterocycles. The SMILES string of the molecule is Cc1cc(NC2(CO)CCCCC2)ccc1[N+](=O)[O-]. The molecule has 2 rings (SSSR count). The first-order chi connectivity index (χ1) is 9.06. The molecular formula is C14H20N2O3. The molecule has 0 saturated heterocycles. The van der Waals surface area contributed by atoms with Crippen LogP contribution in [0.2, 0.25) is 0 Å². The Morgan fingerprint density at radius 1 is 1.37 bits per heavy atom. The van der Waals surface area contributed by atoms with Gasteiger partial charge in [-0.1, -0.05) is 19.3 Å². The summed E-state index contributed by atoms with van der Waals surface area (Å²) in [5.41, 5.74) is 1.35. The van der Waals surface area contributed by atoms with E-state index in [1.165, 1.54) is 12.5 Å². The summed E-state index contributed by atoms with van der Waals surface area (Å²) >= 11 is 0. The van der Waals surface area contributed by atoms with Gasteiger partial charge in [0.1, 0.15) is 0 Å². The molecule has 0 unspecified atom stereocenters. The maximum atomic E-state index is 10.8. The van der Waals surface area contributed by atoms with E-state index in [2.05, 4.69) is 5.32 Å². The van der Waals surface area contributed by atoms with Crippen LogP contribution in [0.25, 0.3) is 0 Å². The van der Waals surface area contributed by atoms with Crippen LogP contribution in [0.4, 0.5) is 11.4 Å². The topological polar surface area (TPSA) is 75.4 Å². The maximum Gasteiger partial charge on any atom is 0.272 e. The minimum absolute atomic E-state index is 0.100. The number of nitro benzene ring substituents is 1. The summed E-state index contributed by atoms with van der Waals surface area (Å²) in [6, 6.07) is 5.02. The minimum atomic E-state index is -0.373. The van der Waals surface area contributed by atoms with E-state index in [9.17, 15) is 15.2 Å². The van der Waals surface area contributed by atoms with Gasteiger partial charge in [-0.3, -0.25) is 10.1 Å². The van der Waals surface area contributed by atoms with Crippen LogP contribution in [0.15, 0.2) is 18.2 Å². The average molecular weight is 264 g/mol. The number of nitrogens with one attached hydrogen (secondary N) is 1. The number of hydrogen-bond donors (Lipinski definition) is 2. The number of nitro groups is 1. The molecule has 1 fully saturated rings. The van der Waals surface area contributed by atoms with Crippen LogP contribution in [0.5, 0.6) is 0 Å². The minimum Gasteiger partial charge on any atom is -0.394 e. The van der Waals surface area contributed by atoms with Gasteiger partial charge in [-0.2, -0.15) is 0 Å². The van der Waals surface area contributed by atoms with Crippen molar-refractivity contribution in [3.05, 3.63) is 33.9 Å². The maximum absolute atomic E-state index is 10.8. The van der Waals surface area contributed by atoms with Crippen LogP contribution in [0.3, 0.4) is 0 Å². The van der Waals surface area contributed by atoms with Crippen LogP contribution < -0.4 is 5.32 Å². The van der Waals surface area contributed by atoms with Crippen molar-refractivity contribution in [1.29, 1.82) is 0 Å². The van der Waals surface area contributed by atoms with E-state index in [0.717, 1.165) is 31.4 Å². The van der Waals surface area contributed by atoms with Crippen molar-refractivity contribution in [2.75, 3.05) is 11.9 Å². The summed E-state index contributed by atoms with van der Waals surface area (Å²) in [6.07, 6.45) is 5.32. The number of aliphatic hydroxyl groups excluding tert-OH is 1.